The van der Waals surface area contributed by atoms with E-state index in [9.17, 15) is 18.4 Å². The fourth-order valence-corrected chi connectivity index (χ4v) is 4.33. The molecule has 2 amide bonds. The SMILES string of the molecule is CC(C)(C)NC(=O)[C@@H](c1cccs1)N(C(=O)Cn1nnc(-c2ccc(F)cc2)n1)c1ccc(F)cc1. The van der Waals surface area contributed by atoms with E-state index >= 15 is 0 Å². The highest BCUT2D eigenvalue weighted by Gasteiger charge is 2.35. The highest BCUT2D eigenvalue weighted by molar-refractivity contribution is 7.10. The summed E-state index contributed by atoms with van der Waals surface area (Å²) >= 11 is 1.33. The molecule has 0 aliphatic heterocycles. The topological polar surface area (TPSA) is 93.0 Å². The second kappa shape index (κ2) is 10.3. The molecule has 2 heterocycles. The Labute approximate surface area is 210 Å². The molecule has 4 aromatic rings. The smallest absolute Gasteiger partial charge is 0.251 e. The van der Waals surface area contributed by atoms with E-state index in [0.717, 1.165) is 4.80 Å². The van der Waals surface area contributed by atoms with Gasteiger partial charge < -0.3 is 5.32 Å². The summed E-state index contributed by atoms with van der Waals surface area (Å²) in [5, 5.41) is 16.9. The minimum Gasteiger partial charge on any atom is -0.349 e. The molecule has 186 valence electrons. The van der Waals surface area contributed by atoms with Crippen molar-refractivity contribution in [2.45, 2.75) is 38.9 Å². The molecule has 0 spiro atoms. The molecule has 2 aromatic heterocycles. The molecule has 0 fully saturated rings. The number of thiophene rings is 1. The van der Waals surface area contributed by atoms with Crippen molar-refractivity contribution in [1.82, 2.24) is 25.5 Å². The number of aromatic nitrogens is 4. The number of hydrogen-bond acceptors (Lipinski definition) is 6. The minimum atomic E-state index is -1.01. The second-order valence-corrected chi connectivity index (χ2v) is 10.0. The summed E-state index contributed by atoms with van der Waals surface area (Å²) in [7, 11) is 0. The molecule has 0 bridgehead atoms. The van der Waals surface area contributed by atoms with Crippen molar-refractivity contribution in [1.29, 1.82) is 0 Å². The quantitative estimate of drug-likeness (QED) is 0.399. The number of nitrogens with one attached hydrogen (secondary N) is 1. The van der Waals surface area contributed by atoms with Crippen molar-refractivity contribution < 1.29 is 18.4 Å². The molecule has 0 radical (unpaired) electrons. The predicted molar refractivity (Wildman–Crippen MR) is 132 cm³/mol. The van der Waals surface area contributed by atoms with Gasteiger partial charge >= 0.3 is 0 Å². The lowest BCUT2D eigenvalue weighted by Crippen LogP contribution is -2.50. The third-order valence-corrected chi connectivity index (χ3v) is 5.95. The Morgan fingerprint density at radius 2 is 1.67 bits per heavy atom. The van der Waals surface area contributed by atoms with Gasteiger partial charge in [0.2, 0.25) is 11.7 Å². The van der Waals surface area contributed by atoms with Crippen LogP contribution < -0.4 is 10.2 Å². The van der Waals surface area contributed by atoms with Crippen LogP contribution in [0.4, 0.5) is 14.5 Å². The summed E-state index contributed by atoms with van der Waals surface area (Å²) in [6.45, 7) is 5.19. The molecule has 11 heteroatoms. The number of carbonyl (C=O) groups is 2. The van der Waals surface area contributed by atoms with Gasteiger partial charge in [0.05, 0.1) is 0 Å². The summed E-state index contributed by atoms with van der Waals surface area (Å²) < 4.78 is 27.0. The maximum Gasteiger partial charge on any atom is 0.251 e. The number of carbonyl (C=O) groups excluding carboxylic acids is 2. The number of anilines is 1. The van der Waals surface area contributed by atoms with Gasteiger partial charge in [0, 0.05) is 21.7 Å². The summed E-state index contributed by atoms with van der Waals surface area (Å²) in [5.41, 5.74) is 0.316. The van der Waals surface area contributed by atoms with E-state index in [1.807, 2.05) is 26.2 Å². The normalized spacial score (nSPS) is 12.2. The Kier molecular flexibility index (Phi) is 7.20. The molecule has 0 aliphatic rings. The molecule has 1 N–H and O–H groups in total. The van der Waals surface area contributed by atoms with E-state index in [-0.39, 0.29) is 18.3 Å². The van der Waals surface area contributed by atoms with Crippen LogP contribution in [0.1, 0.15) is 31.7 Å². The number of hydrogen-bond donors (Lipinski definition) is 1. The summed E-state index contributed by atoms with van der Waals surface area (Å²) in [5.74, 6) is -1.55. The van der Waals surface area contributed by atoms with Crippen LogP contribution in [0.25, 0.3) is 11.4 Å². The Hall–Kier alpha value is -3.99. The zero-order valence-electron chi connectivity index (χ0n) is 19.9. The molecule has 2 aromatic carbocycles. The Morgan fingerprint density at radius 3 is 2.25 bits per heavy atom. The zero-order chi connectivity index (χ0) is 25.9. The molecular weight excluding hydrogens is 486 g/mol. The van der Waals surface area contributed by atoms with Crippen molar-refractivity contribution in [3.63, 3.8) is 0 Å². The van der Waals surface area contributed by atoms with Crippen molar-refractivity contribution >= 4 is 28.8 Å². The summed E-state index contributed by atoms with van der Waals surface area (Å²) in [6.07, 6.45) is 0. The van der Waals surface area contributed by atoms with Gasteiger partial charge in [-0.25, -0.2) is 8.78 Å². The van der Waals surface area contributed by atoms with Crippen LogP contribution in [0.15, 0.2) is 66.0 Å². The molecule has 36 heavy (non-hydrogen) atoms. The van der Waals surface area contributed by atoms with Gasteiger partial charge in [-0.1, -0.05) is 6.07 Å². The number of amides is 2. The minimum absolute atomic E-state index is 0.219. The molecule has 8 nitrogen and oxygen atoms in total. The number of nitrogens with zero attached hydrogens (tertiary/aromatic N) is 5. The molecule has 0 saturated heterocycles. The number of halogens is 2. The third-order valence-electron chi connectivity index (χ3n) is 5.02. The zero-order valence-corrected chi connectivity index (χ0v) is 20.7. The van der Waals surface area contributed by atoms with E-state index in [4.69, 9.17) is 0 Å². The lowest BCUT2D eigenvalue weighted by atomic mass is 10.1. The highest BCUT2D eigenvalue weighted by atomic mass is 32.1. The van der Waals surface area contributed by atoms with Gasteiger partial charge in [-0.05, 0) is 86.0 Å². The van der Waals surface area contributed by atoms with E-state index in [0.29, 0.717) is 16.1 Å². The van der Waals surface area contributed by atoms with Crippen LogP contribution in [0, 0.1) is 11.6 Å². The van der Waals surface area contributed by atoms with Gasteiger partial charge in [-0.15, -0.1) is 21.5 Å². The molecular formula is C25H24F2N6O2S. The first-order valence-electron chi connectivity index (χ1n) is 11.1. The van der Waals surface area contributed by atoms with E-state index in [1.165, 1.54) is 64.8 Å². The Morgan fingerprint density at radius 1 is 1.03 bits per heavy atom. The van der Waals surface area contributed by atoms with E-state index in [1.54, 1.807) is 12.1 Å². The Bertz CT molecular complexity index is 1330. The molecule has 0 saturated carbocycles. The molecule has 0 aliphatic carbocycles. The Balaban J connectivity index is 1.69. The first-order chi connectivity index (χ1) is 17.1. The number of tetrazole rings is 1. The van der Waals surface area contributed by atoms with Crippen molar-refractivity contribution in [2.75, 3.05) is 4.90 Å². The van der Waals surface area contributed by atoms with Gasteiger partial charge in [-0.3, -0.25) is 14.5 Å². The fourth-order valence-electron chi connectivity index (χ4n) is 3.52. The van der Waals surface area contributed by atoms with E-state index < -0.39 is 29.1 Å². The number of rotatable bonds is 7. The largest absolute Gasteiger partial charge is 0.349 e. The van der Waals surface area contributed by atoms with Gasteiger partial charge in [-0.2, -0.15) is 4.80 Å². The maximum atomic E-state index is 13.7. The van der Waals surface area contributed by atoms with Crippen LogP contribution >= 0.6 is 11.3 Å². The van der Waals surface area contributed by atoms with Crippen LogP contribution in [-0.4, -0.2) is 37.6 Å². The first kappa shape index (κ1) is 25.1. The standard InChI is InChI=1S/C25H24F2N6O2S/c1-25(2,3)28-24(35)22(20-5-4-14-36-20)33(19-12-10-18(27)11-13-19)21(34)15-32-30-23(29-31-32)16-6-8-17(26)9-7-16/h4-14,22H,15H2,1-3H3,(H,28,35)/t22-/m1/s1. The number of benzene rings is 2. The van der Waals surface area contributed by atoms with Crippen LogP contribution in [0.5, 0.6) is 0 Å². The monoisotopic (exact) mass is 510 g/mol. The average molecular weight is 511 g/mol. The van der Waals surface area contributed by atoms with Crippen molar-refractivity contribution in [2.24, 2.45) is 0 Å². The predicted octanol–water partition coefficient (Wildman–Crippen LogP) is 4.37. The maximum absolute atomic E-state index is 13.7. The first-order valence-corrected chi connectivity index (χ1v) is 12.0. The van der Waals surface area contributed by atoms with Crippen LogP contribution in [0.3, 0.4) is 0 Å². The van der Waals surface area contributed by atoms with Gasteiger partial charge in [0.15, 0.2) is 0 Å². The highest BCUT2D eigenvalue weighted by Crippen LogP contribution is 2.31. The van der Waals surface area contributed by atoms with Crippen LogP contribution in [0.2, 0.25) is 0 Å². The molecule has 4 rings (SSSR count). The van der Waals surface area contributed by atoms with Crippen molar-refractivity contribution in [3.05, 3.63) is 82.6 Å². The van der Waals surface area contributed by atoms with Gasteiger partial charge in [0.1, 0.15) is 24.2 Å². The lowest BCUT2D eigenvalue weighted by Gasteiger charge is -2.33. The van der Waals surface area contributed by atoms with E-state index in [2.05, 4.69) is 20.7 Å². The fraction of sp³-hybridized carbons (Fsp3) is 0.240. The summed E-state index contributed by atoms with van der Waals surface area (Å²) in [4.78, 5) is 30.2. The molecule has 1 atom stereocenters. The van der Waals surface area contributed by atoms with Crippen LogP contribution in [-0.2, 0) is 16.1 Å². The lowest BCUT2D eigenvalue weighted by molar-refractivity contribution is -0.128. The molecule has 0 unspecified atom stereocenters. The third kappa shape index (κ3) is 5.98. The van der Waals surface area contributed by atoms with Gasteiger partial charge in [0.25, 0.3) is 5.91 Å². The second-order valence-electron chi connectivity index (χ2n) is 9.05. The summed E-state index contributed by atoms with van der Waals surface area (Å²) in [6, 6.07) is 13.4. The average Bonchev–Trinajstić information content (AvgIpc) is 3.50. The van der Waals surface area contributed by atoms with Crippen molar-refractivity contribution in [3.8, 4) is 11.4 Å².